The number of alkyl halides is 3. The summed E-state index contributed by atoms with van der Waals surface area (Å²) in [6.07, 6.45) is -4.58. The molecular weight excluding hydrogens is 285 g/mol. The van der Waals surface area contributed by atoms with Crippen molar-refractivity contribution in [3.05, 3.63) is 29.3 Å². The Kier molecular flexibility index (Phi) is 5.56. The van der Waals surface area contributed by atoms with Crippen molar-refractivity contribution >= 4 is 11.6 Å². The molecule has 0 unspecified atom stereocenters. The summed E-state index contributed by atoms with van der Waals surface area (Å²) < 4.78 is 38.7. The zero-order valence-corrected chi connectivity index (χ0v) is 12.2. The lowest BCUT2D eigenvalue weighted by molar-refractivity contribution is -0.137. The number of carbonyl (C=O) groups excluding carboxylic acids is 1. The SMILES string of the molecule is CN(C)CCN(C)C(=O)c1cccc(C(F)(F)F)c1NN. The van der Waals surface area contributed by atoms with Crippen molar-refractivity contribution in [3.63, 3.8) is 0 Å². The number of para-hydroxylation sites is 1. The van der Waals surface area contributed by atoms with E-state index in [1.165, 1.54) is 24.1 Å². The Labute approximate surface area is 121 Å². The largest absolute Gasteiger partial charge is 0.418 e. The van der Waals surface area contributed by atoms with E-state index in [4.69, 9.17) is 5.84 Å². The number of halogens is 3. The monoisotopic (exact) mass is 304 g/mol. The summed E-state index contributed by atoms with van der Waals surface area (Å²) >= 11 is 0. The minimum Gasteiger partial charge on any atom is -0.340 e. The Balaban J connectivity index is 3.10. The van der Waals surface area contributed by atoms with Gasteiger partial charge in [-0.3, -0.25) is 10.6 Å². The predicted molar refractivity (Wildman–Crippen MR) is 74.8 cm³/mol. The number of amides is 1. The zero-order chi connectivity index (χ0) is 16.2. The van der Waals surface area contributed by atoms with Gasteiger partial charge in [-0.25, -0.2) is 0 Å². The molecule has 0 aliphatic rings. The second kappa shape index (κ2) is 6.77. The van der Waals surface area contributed by atoms with Gasteiger partial charge in [-0.1, -0.05) is 6.07 Å². The third kappa shape index (κ3) is 4.33. The highest BCUT2D eigenvalue weighted by atomic mass is 19.4. The van der Waals surface area contributed by atoms with Gasteiger partial charge < -0.3 is 15.2 Å². The number of carbonyl (C=O) groups is 1. The molecule has 5 nitrogen and oxygen atoms in total. The van der Waals surface area contributed by atoms with Crippen LogP contribution in [-0.4, -0.2) is 49.9 Å². The number of hydrazine groups is 1. The summed E-state index contributed by atoms with van der Waals surface area (Å²) in [5.41, 5.74) is 0.519. The van der Waals surface area contributed by atoms with E-state index in [0.717, 1.165) is 6.07 Å². The minimum atomic E-state index is -4.58. The van der Waals surface area contributed by atoms with Crippen LogP contribution in [0.2, 0.25) is 0 Å². The lowest BCUT2D eigenvalue weighted by Gasteiger charge is -2.22. The summed E-state index contributed by atoms with van der Waals surface area (Å²) in [5.74, 6) is 4.66. The smallest absolute Gasteiger partial charge is 0.340 e. The molecule has 0 radical (unpaired) electrons. The number of nitrogens with two attached hydrogens (primary N) is 1. The molecule has 0 heterocycles. The standard InChI is InChI=1S/C13H19F3N4O/c1-19(2)7-8-20(3)12(21)9-5-4-6-10(11(9)18-17)13(14,15)16/h4-6,18H,7-8,17H2,1-3H3. The van der Waals surface area contributed by atoms with Crippen LogP contribution in [0.3, 0.4) is 0 Å². The predicted octanol–water partition coefficient (Wildman–Crippen LogP) is 1.62. The zero-order valence-electron chi connectivity index (χ0n) is 12.2. The highest BCUT2D eigenvalue weighted by Gasteiger charge is 2.35. The normalized spacial score (nSPS) is 11.6. The summed E-state index contributed by atoms with van der Waals surface area (Å²) in [6.45, 7) is 0.999. The molecule has 0 spiro atoms. The first-order valence-electron chi connectivity index (χ1n) is 6.25. The van der Waals surface area contributed by atoms with E-state index < -0.39 is 23.3 Å². The molecule has 3 N–H and O–H groups in total. The van der Waals surface area contributed by atoms with Crippen LogP contribution in [0.4, 0.5) is 18.9 Å². The third-order valence-electron chi connectivity index (χ3n) is 2.97. The molecule has 21 heavy (non-hydrogen) atoms. The van der Waals surface area contributed by atoms with Crippen LogP contribution in [-0.2, 0) is 6.18 Å². The van der Waals surface area contributed by atoms with Crippen LogP contribution in [0.5, 0.6) is 0 Å². The van der Waals surface area contributed by atoms with E-state index in [2.05, 4.69) is 0 Å². The highest BCUT2D eigenvalue weighted by Crippen LogP contribution is 2.36. The van der Waals surface area contributed by atoms with E-state index in [-0.39, 0.29) is 5.56 Å². The number of anilines is 1. The van der Waals surface area contributed by atoms with Gasteiger partial charge in [0.25, 0.3) is 5.91 Å². The average molecular weight is 304 g/mol. The number of likely N-dealkylation sites (N-methyl/N-ethyl adjacent to an activating group) is 2. The molecule has 0 bridgehead atoms. The van der Waals surface area contributed by atoms with Crippen LogP contribution >= 0.6 is 0 Å². The molecule has 0 fully saturated rings. The summed E-state index contributed by atoms with van der Waals surface area (Å²) in [6, 6.07) is 3.39. The van der Waals surface area contributed by atoms with Gasteiger partial charge in [0.05, 0.1) is 16.8 Å². The molecule has 0 aliphatic carbocycles. The first-order chi connectivity index (χ1) is 9.68. The molecule has 1 amide bonds. The van der Waals surface area contributed by atoms with Gasteiger partial charge in [0.1, 0.15) is 0 Å². The molecule has 1 aromatic rings. The third-order valence-corrected chi connectivity index (χ3v) is 2.97. The molecule has 0 saturated heterocycles. The lowest BCUT2D eigenvalue weighted by atomic mass is 10.1. The number of hydrogen-bond acceptors (Lipinski definition) is 4. The topological polar surface area (TPSA) is 61.6 Å². The first kappa shape index (κ1) is 17.3. The number of nitrogen functional groups attached to an aromatic ring is 1. The van der Waals surface area contributed by atoms with Crippen molar-refractivity contribution in [1.29, 1.82) is 0 Å². The molecule has 0 aliphatic heterocycles. The molecule has 0 aromatic heterocycles. The quantitative estimate of drug-likeness (QED) is 0.641. The molecular formula is C13H19F3N4O. The van der Waals surface area contributed by atoms with E-state index in [9.17, 15) is 18.0 Å². The van der Waals surface area contributed by atoms with Gasteiger partial charge in [-0.05, 0) is 26.2 Å². The minimum absolute atomic E-state index is 0.103. The van der Waals surface area contributed by atoms with Crippen LogP contribution < -0.4 is 11.3 Å². The fourth-order valence-corrected chi connectivity index (χ4v) is 1.78. The maximum atomic E-state index is 12.9. The molecule has 118 valence electrons. The molecule has 1 rings (SSSR count). The highest BCUT2D eigenvalue weighted by molar-refractivity contribution is 6.00. The number of hydrogen-bond donors (Lipinski definition) is 2. The van der Waals surface area contributed by atoms with Gasteiger partial charge in [-0.15, -0.1) is 0 Å². The van der Waals surface area contributed by atoms with Crippen molar-refractivity contribution in [3.8, 4) is 0 Å². The second-order valence-electron chi connectivity index (χ2n) is 4.90. The van der Waals surface area contributed by atoms with Crippen molar-refractivity contribution in [2.24, 2.45) is 5.84 Å². The maximum Gasteiger partial charge on any atom is 0.418 e. The van der Waals surface area contributed by atoms with Gasteiger partial charge in [0, 0.05) is 20.1 Å². The average Bonchev–Trinajstić information content (AvgIpc) is 2.41. The summed E-state index contributed by atoms with van der Waals surface area (Å²) in [5, 5.41) is 0. The van der Waals surface area contributed by atoms with Crippen LogP contribution in [0.25, 0.3) is 0 Å². The summed E-state index contributed by atoms with van der Waals surface area (Å²) in [4.78, 5) is 15.5. The van der Waals surface area contributed by atoms with Crippen molar-refractivity contribution in [1.82, 2.24) is 9.80 Å². The lowest BCUT2D eigenvalue weighted by Crippen LogP contribution is -2.34. The van der Waals surface area contributed by atoms with Gasteiger partial charge in [0.15, 0.2) is 0 Å². The van der Waals surface area contributed by atoms with E-state index in [0.29, 0.717) is 13.1 Å². The van der Waals surface area contributed by atoms with Crippen molar-refractivity contribution < 1.29 is 18.0 Å². The van der Waals surface area contributed by atoms with Crippen molar-refractivity contribution in [2.45, 2.75) is 6.18 Å². The first-order valence-corrected chi connectivity index (χ1v) is 6.25. The molecule has 1 aromatic carbocycles. The van der Waals surface area contributed by atoms with Crippen molar-refractivity contribution in [2.75, 3.05) is 39.7 Å². The Bertz CT molecular complexity index is 503. The van der Waals surface area contributed by atoms with Crippen LogP contribution in [0, 0.1) is 0 Å². The van der Waals surface area contributed by atoms with Gasteiger partial charge >= 0.3 is 6.18 Å². The second-order valence-corrected chi connectivity index (χ2v) is 4.90. The molecule has 0 saturated carbocycles. The Morgan fingerprint density at radius 3 is 2.33 bits per heavy atom. The van der Waals surface area contributed by atoms with Gasteiger partial charge in [-0.2, -0.15) is 13.2 Å². The maximum absolute atomic E-state index is 12.9. The van der Waals surface area contributed by atoms with E-state index in [1.54, 1.807) is 0 Å². The fraction of sp³-hybridized carbons (Fsp3) is 0.462. The Hall–Kier alpha value is -1.80. The number of rotatable bonds is 5. The van der Waals surface area contributed by atoms with Crippen LogP contribution in [0.1, 0.15) is 15.9 Å². The number of benzene rings is 1. The fourth-order valence-electron chi connectivity index (χ4n) is 1.78. The molecule has 8 heteroatoms. The Morgan fingerprint density at radius 2 is 1.86 bits per heavy atom. The Morgan fingerprint density at radius 1 is 1.24 bits per heavy atom. The van der Waals surface area contributed by atoms with Crippen LogP contribution in [0.15, 0.2) is 18.2 Å². The summed E-state index contributed by atoms with van der Waals surface area (Å²) in [7, 11) is 5.22. The molecule has 0 atom stereocenters. The number of nitrogens with one attached hydrogen (secondary N) is 1. The van der Waals surface area contributed by atoms with E-state index in [1.807, 2.05) is 24.4 Å². The number of nitrogens with zero attached hydrogens (tertiary/aromatic N) is 2. The van der Waals surface area contributed by atoms with E-state index >= 15 is 0 Å². The van der Waals surface area contributed by atoms with Gasteiger partial charge in [0.2, 0.25) is 0 Å².